The van der Waals surface area contributed by atoms with Crippen molar-refractivity contribution in [2.75, 3.05) is 20.2 Å². The molecule has 1 aromatic rings. The van der Waals surface area contributed by atoms with Crippen LogP contribution in [0.1, 0.15) is 43.2 Å². The van der Waals surface area contributed by atoms with Crippen LogP contribution in [0.5, 0.6) is 11.5 Å². The van der Waals surface area contributed by atoms with E-state index in [1.54, 1.807) is 13.2 Å². The monoisotopic (exact) mass is 357 g/mol. The molecular weight excluding hydrogens is 330 g/mol. The number of aliphatic hydroxyl groups is 1. The van der Waals surface area contributed by atoms with Gasteiger partial charge in [0.2, 0.25) is 0 Å². The lowest BCUT2D eigenvalue weighted by Crippen LogP contribution is -2.77. The lowest BCUT2D eigenvalue weighted by Gasteiger charge is -2.64. The first kappa shape index (κ1) is 15.7. The van der Waals surface area contributed by atoms with Crippen LogP contribution in [0.25, 0.3) is 0 Å². The number of phenolic OH excluding ortho intramolecular Hbond substituents is 1. The number of methoxy groups -OCH3 is 1. The van der Waals surface area contributed by atoms with Crippen LogP contribution in [0.15, 0.2) is 12.1 Å². The van der Waals surface area contributed by atoms with E-state index in [9.17, 15) is 10.2 Å². The Morgan fingerprint density at radius 1 is 1.27 bits per heavy atom. The van der Waals surface area contributed by atoms with E-state index in [1.165, 1.54) is 18.4 Å². The van der Waals surface area contributed by atoms with Crippen LogP contribution in [0.2, 0.25) is 0 Å². The van der Waals surface area contributed by atoms with Crippen molar-refractivity contribution in [3.05, 3.63) is 23.3 Å². The van der Waals surface area contributed by atoms with E-state index in [0.29, 0.717) is 5.75 Å². The van der Waals surface area contributed by atoms with E-state index < -0.39 is 11.0 Å². The van der Waals surface area contributed by atoms with Gasteiger partial charge >= 0.3 is 0 Å². The summed E-state index contributed by atoms with van der Waals surface area (Å²) in [6.07, 6.45) is 5.69. The van der Waals surface area contributed by atoms with Gasteiger partial charge < -0.3 is 19.7 Å². The van der Waals surface area contributed by atoms with E-state index >= 15 is 0 Å². The minimum absolute atomic E-state index is 0.0383. The van der Waals surface area contributed by atoms with Gasteiger partial charge in [0.05, 0.1) is 17.1 Å². The van der Waals surface area contributed by atoms with Crippen molar-refractivity contribution in [1.29, 1.82) is 0 Å². The predicted octanol–water partition coefficient (Wildman–Crippen LogP) is 1.97. The second kappa shape index (κ2) is 4.94. The summed E-state index contributed by atoms with van der Waals surface area (Å²) in [5.41, 5.74) is 1.07. The Bertz CT molecular complexity index is 778. The SMILES string of the molecule is CO[C@H]1CC[C@@]2(O)C3Cc4ccc(O)c5c4[C@@]2(CCN3CC2CC2)[C@H]1O5. The highest BCUT2D eigenvalue weighted by atomic mass is 16.5. The molecule has 0 aromatic heterocycles. The fourth-order valence-electron chi connectivity index (χ4n) is 6.68. The number of nitrogens with zero attached hydrogens (tertiary/aromatic N) is 1. The summed E-state index contributed by atoms with van der Waals surface area (Å²) in [4.78, 5) is 2.56. The number of likely N-dealkylation sites (tertiary alicyclic amines) is 1. The molecule has 26 heavy (non-hydrogen) atoms. The summed E-state index contributed by atoms with van der Waals surface area (Å²) in [7, 11) is 1.74. The maximum atomic E-state index is 12.2. The Hall–Kier alpha value is -1.30. The summed E-state index contributed by atoms with van der Waals surface area (Å²) in [6.45, 7) is 2.11. The number of piperidine rings is 1. The average Bonchev–Trinajstić information content (AvgIpc) is 3.37. The molecule has 0 radical (unpaired) electrons. The zero-order chi connectivity index (χ0) is 17.7. The number of hydrogen-bond donors (Lipinski definition) is 2. The molecule has 5 heteroatoms. The minimum atomic E-state index is -0.800. The molecule has 5 nitrogen and oxygen atoms in total. The summed E-state index contributed by atoms with van der Waals surface area (Å²) in [5, 5.41) is 22.6. The molecule has 1 unspecified atom stereocenters. The maximum Gasteiger partial charge on any atom is 0.165 e. The van der Waals surface area contributed by atoms with E-state index in [4.69, 9.17) is 9.47 Å². The molecule has 140 valence electrons. The minimum Gasteiger partial charge on any atom is -0.504 e. The fraction of sp³-hybridized carbons (Fsp3) is 0.714. The summed E-state index contributed by atoms with van der Waals surface area (Å²) >= 11 is 0. The van der Waals surface area contributed by atoms with Gasteiger partial charge in [0, 0.05) is 25.3 Å². The van der Waals surface area contributed by atoms with E-state index in [0.717, 1.165) is 50.3 Å². The van der Waals surface area contributed by atoms with Crippen molar-refractivity contribution in [3.8, 4) is 11.5 Å². The smallest absolute Gasteiger partial charge is 0.165 e. The van der Waals surface area contributed by atoms with Gasteiger partial charge in [-0.25, -0.2) is 0 Å². The Morgan fingerprint density at radius 3 is 2.88 bits per heavy atom. The topological polar surface area (TPSA) is 62.2 Å². The highest BCUT2D eigenvalue weighted by Gasteiger charge is 2.73. The van der Waals surface area contributed by atoms with Crippen molar-refractivity contribution in [2.24, 2.45) is 5.92 Å². The zero-order valence-corrected chi connectivity index (χ0v) is 15.3. The highest BCUT2D eigenvalue weighted by Crippen LogP contribution is 2.65. The van der Waals surface area contributed by atoms with Crippen molar-refractivity contribution < 1.29 is 19.7 Å². The predicted molar refractivity (Wildman–Crippen MR) is 95.6 cm³/mol. The Morgan fingerprint density at radius 2 is 2.12 bits per heavy atom. The van der Waals surface area contributed by atoms with Crippen molar-refractivity contribution in [2.45, 2.75) is 67.8 Å². The summed E-state index contributed by atoms with van der Waals surface area (Å²) in [6, 6.07) is 3.95. The molecule has 2 saturated carbocycles. The molecule has 2 N–H and O–H groups in total. The standard InChI is InChI=1S/C21H27NO4/c1-25-15-6-7-21(24)16-10-13-4-5-14(23)18-17(13)20(21,19(15)26-18)8-9-22(16)11-12-2-3-12/h4-5,12,15-16,19,23-24H,2-3,6-11H2,1H3/t15-,16?,19-,20-,21+/m0/s1. The molecule has 1 saturated heterocycles. The number of hydrogen-bond acceptors (Lipinski definition) is 5. The third-order valence-electron chi connectivity index (χ3n) is 8.01. The van der Waals surface area contributed by atoms with Gasteiger partial charge in [-0.05, 0) is 62.6 Å². The molecule has 6 rings (SSSR count). The summed E-state index contributed by atoms with van der Waals surface area (Å²) in [5.74, 6) is 1.61. The quantitative estimate of drug-likeness (QED) is 0.866. The van der Waals surface area contributed by atoms with Crippen LogP contribution in [0.3, 0.4) is 0 Å². The van der Waals surface area contributed by atoms with Crippen LogP contribution in [-0.2, 0) is 16.6 Å². The molecule has 5 aliphatic rings. The molecule has 2 heterocycles. The van der Waals surface area contributed by atoms with Crippen molar-refractivity contribution in [3.63, 3.8) is 0 Å². The third-order valence-corrected chi connectivity index (χ3v) is 8.01. The first-order valence-electron chi connectivity index (χ1n) is 10.1. The van der Waals surface area contributed by atoms with Gasteiger partial charge in [0.15, 0.2) is 11.5 Å². The Balaban J connectivity index is 1.55. The number of rotatable bonds is 3. The second-order valence-electron chi connectivity index (χ2n) is 9.10. The molecule has 0 amide bonds. The Labute approximate surface area is 153 Å². The molecule has 3 fully saturated rings. The van der Waals surface area contributed by atoms with Crippen LogP contribution >= 0.6 is 0 Å². The average molecular weight is 357 g/mol. The van der Waals surface area contributed by atoms with Crippen LogP contribution in [0, 0.1) is 5.92 Å². The second-order valence-corrected chi connectivity index (χ2v) is 9.10. The maximum absolute atomic E-state index is 12.2. The fourth-order valence-corrected chi connectivity index (χ4v) is 6.68. The van der Waals surface area contributed by atoms with Gasteiger partial charge in [-0.3, -0.25) is 4.90 Å². The number of phenols is 1. The molecule has 3 aliphatic carbocycles. The van der Waals surface area contributed by atoms with E-state index in [2.05, 4.69) is 4.90 Å². The molecule has 2 aliphatic heterocycles. The zero-order valence-electron chi connectivity index (χ0n) is 15.3. The Kier molecular flexibility index (Phi) is 2.99. The van der Waals surface area contributed by atoms with Crippen molar-refractivity contribution >= 4 is 0 Å². The molecule has 1 aromatic carbocycles. The lowest BCUT2D eigenvalue weighted by atomic mass is 9.48. The largest absolute Gasteiger partial charge is 0.504 e. The van der Waals surface area contributed by atoms with Crippen LogP contribution < -0.4 is 4.74 Å². The molecular formula is C21H27NO4. The van der Waals surface area contributed by atoms with E-state index in [1.807, 2.05) is 6.07 Å². The van der Waals surface area contributed by atoms with Crippen LogP contribution in [-0.4, -0.2) is 59.2 Å². The van der Waals surface area contributed by atoms with E-state index in [-0.39, 0.29) is 24.0 Å². The van der Waals surface area contributed by atoms with Gasteiger partial charge in [0.25, 0.3) is 0 Å². The molecule has 1 spiro atoms. The number of ether oxygens (including phenoxy) is 2. The van der Waals surface area contributed by atoms with Gasteiger partial charge in [-0.1, -0.05) is 6.07 Å². The number of aromatic hydroxyl groups is 1. The first-order valence-corrected chi connectivity index (χ1v) is 10.1. The normalized spacial score (nSPS) is 43.1. The van der Waals surface area contributed by atoms with Gasteiger partial charge in [-0.2, -0.15) is 0 Å². The first-order chi connectivity index (χ1) is 12.6. The molecule has 5 atom stereocenters. The third kappa shape index (κ3) is 1.68. The van der Waals surface area contributed by atoms with Crippen molar-refractivity contribution in [1.82, 2.24) is 4.90 Å². The highest BCUT2D eigenvalue weighted by molar-refractivity contribution is 5.62. The summed E-state index contributed by atoms with van der Waals surface area (Å²) < 4.78 is 12.1. The van der Waals surface area contributed by atoms with Gasteiger partial charge in [-0.15, -0.1) is 0 Å². The lowest BCUT2D eigenvalue weighted by molar-refractivity contribution is -0.211. The molecule has 2 bridgehead atoms. The number of benzene rings is 1. The van der Waals surface area contributed by atoms with Gasteiger partial charge in [0.1, 0.15) is 6.10 Å². The van der Waals surface area contributed by atoms with Crippen LogP contribution in [0.4, 0.5) is 0 Å².